The lowest BCUT2D eigenvalue weighted by Gasteiger charge is -2.37. The smallest absolute Gasteiger partial charge is 0.212 e. The Bertz CT molecular complexity index is 334. The summed E-state index contributed by atoms with van der Waals surface area (Å²) in [5.41, 5.74) is 0. The molecule has 0 bridgehead atoms. The lowest BCUT2D eigenvalue weighted by molar-refractivity contribution is 0.285. The summed E-state index contributed by atoms with van der Waals surface area (Å²) in [5.74, 6) is 0. The van der Waals surface area contributed by atoms with Gasteiger partial charge in [0.25, 0.3) is 0 Å². The molecule has 0 aromatic carbocycles. The zero-order valence-electron chi connectivity index (χ0n) is 10.5. The summed E-state index contributed by atoms with van der Waals surface area (Å²) in [5, 5.41) is -0.0455. The van der Waals surface area contributed by atoms with Crippen molar-refractivity contribution < 1.29 is 8.42 Å². The van der Waals surface area contributed by atoms with Gasteiger partial charge in [-0.1, -0.05) is 12.8 Å². The second-order valence-corrected chi connectivity index (χ2v) is 8.81. The number of sulfonamides is 1. The molecule has 0 N–H and O–H groups in total. The second-order valence-electron chi connectivity index (χ2n) is 5.50. The predicted octanol–water partition coefficient (Wildman–Crippen LogP) is 2.60. The Balaban J connectivity index is 2.89. The fraction of sp³-hybridized carbons (Fsp3) is 1.00. The van der Waals surface area contributed by atoms with Crippen LogP contribution >= 0.6 is 11.6 Å². The number of nitrogens with zero attached hydrogens (tertiary/aromatic N) is 1. The molecule has 96 valence electrons. The molecule has 1 aliphatic rings. The fourth-order valence-electron chi connectivity index (χ4n) is 2.09. The van der Waals surface area contributed by atoms with Crippen LogP contribution in [-0.2, 0) is 10.0 Å². The molecule has 0 spiro atoms. The average Bonchev–Trinajstić information content (AvgIpc) is 2.15. The highest BCUT2D eigenvalue weighted by Gasteiger charge is 2.39. The Kier molecular flexibility index (Phi) is 4.30. The van der Waals surface area contributed by atoms with Crippen molar-refractivity contribution in [2.75, 3.05) is 7.05 Å². The van der Waals surface area contributed by atoms with Crippen molar-refractivity contribution in [3.8, 4) is 0 Å². The normalized spacial score (nSPS) is 28.4. The lowest BCUT2D eigenvalue weighted by Crippen LogP contribution is -2.50. The third kappa shape index (κ3) is 2.71. The Morgan fingerprint density at radius 2 is 1.69 bits per heavy atom. The van der Waals surface area contributed by atoms with Crippen LogP contribution in [0.15, 0.2) is 0 Å². The SMILES string of the molecule is CN(C1CCCCC1Cl)S(=O)(=O)C(C)(C)C. The summed E-state index contributed by atoms with van der Waals surface area (Å²) in [6, 6.07) is -0.0420. The van der Waals surface area contributed by atoms with Gasteiger partial charge in [-0.3, -0.25) is 0 Å². The highest BCUT2D eigenvalue weighted by molar-refractivity contribution is 7.90. The van der Waals surface area contributed by atoms with Gasteiger partial charge in [-0.15, -0.1) is 11.6 Å². The van der Waals surface area contributed by atoms with Gasteiger partial charge in [0.1, 0.15) is 0 Å². The molecule has 2 unspecified atom stereocenters. The molecular formula is C11H22ClNO2S. The molecule has 2 atom stereocenters. The third-order valence-electron chi connectivity index (χ3n) is 3.27. The van der Waals surface area contributed by atoms with Crippen LogP contribution in [0.5, 0.6) is 0 Å². The van der Waals surface area contributed by atoms with Crippen LogP contribution in [0.1, 0.15) is 46.5 Å². The third-order valence-corrected chi connectivity index (χ3v) is 6.35. The standard InChI is InChI=1S/C11H22ClNO2S/c1-11(2,3)16(14,15)13(4)10-8-6-5-7-9(10)12/h9-10H,5-8H2,1-4H3. The molecule has 1 fully saturated rings. The number of alkyl halides is 1. The predicted molar refractivity (Wildman–Crippen MR) is 68.3 cm³/mol. The summed E-state index contributed by atoms with van der Waals surface area (Å²) < 4.78 is 25.3. The number of halogens is 1. The van der Waals surface area contributed by atoms with E-state index in [2.05, 4.69) is 0 Å². The van der Waals surface area contributed by atoms with Crippen molar-refractivity contribution in [3.05, 3.63) is 0 Å². The Morgan fingerprint density at radius 1 is 1.19 bits per heavy atom. The zero-order chi connectivity index (χ0) is 12.6. The first-order valence-corrected chi connectivity index (χ1v) is 7.67. The van der Waals surface area contributed by atoms with Crippen LogP contribution in [0.3, 0.4) is 0 Å². The van der Waals surface area contributed by atoms with Gasteiger partial charge in [0.2, 0.25) is 10.0 Å². The summed E-state index contributed by atoms with van der Waals surface area (Å²) in [6.07, 6.45) is 3.96. The van der Waals surface area contributed by atoms with E-state index >= 15 is 0 Å². The van der Waals surface area contributed by atoms with E-state index < -0.39 is 14.8 Å². The molecule has 3 nitrogen and oxygen atoms in total. The van der Waals surface area contributed by atoms with Gasteiger partial charge in [0.05, 0.1) is 10.1 Å². The van der Waals surface area contributed by atoms with E-state index in [1.807, 2.05) is 0 Å². The first kappa shape index (κ1) is 14.3. The molecule has 0 aromatic heterocycles. The summed E-state index contributed by atoms with van der Waals surface area (Å²) in [7, 11) is -1.60. The van der Waals surface area contributed by atoms with Crippen LogP contribution < -0.4 is 0 Å². The maximum atomic E-state index is 12.3. The maximum Gasteiger partial charge on any atom is 0.219 e. The van der Waals surface area contributed by atoms with E-state index in [4.69, 9.17) is 11.6 Å². The fourth-order valence-corrected chi connectivity index (χ4v) is 4.07. The Labute approximate surface area is 104 Å². The maximum absolute atomic E-state index is 12.3. The highest BCUT2D eigenvalue weighted by atomic mass is 35.5. The minimum absolute atomic E-state index is 0.0420. The average molecular weight is 268 g/mol. The van der Waals surface area contributed by atoms with Crippen LogP contribution in [-0.4, -0.2) is 35.9 Å². The minimum Gasteiger partial charge on any atom is -0.212 e. The van der Waals surface area contributed by atoms with Crippen LogP contribution in [0.25, 0.3) is 0 Å². The molecular weight excluding hydrogens is 246 g/mol. The molecule has 0 amide bonds. The van der Waals surface area contributed by atoms with Crippen molar-refractivity contribution in [1.29, 1.82) is 0 Å². The topological polar surface area (TPSA) is 37.4 Å². The van der Waals surface area contributed by atoms with Gasteiger partial charge < -0.3 is 0 Å². The zero-order valence-corrected chi connectivity index (χ0v) is 12.1. The molecule has 1 rings (SSSR count). The summed E-state index contributed by atoms with van der Waals surface area (Å²) in [6.45, 7) is 5.18. The lowest BCUT2D eigenvalue weighted by atomic mass is 9.95. The van der Waals surface area contributed by atoms with Crippen molar-refractivity contribution >= 4 is 21.6 Å². The number of rotatable bonds is 2. The minimum atomic E-state index is -3.26. The van der Waals surface area contributed by atoms with E-state index in [1.165, 1.54) is 4.31 Å². The van der Waals surface area contributed by atoms with E-state index in [-0.39, 0.29) is 11.4 Å². The Hall–Kier alpha value is 0.200. The van der Waals surface area contributed by atoms with E-state index in [0.717, 1.165) is 25.7 Å². The highest BCUT2D eigenvalue weighted by Crippen LogP contribution is 2.31. The van der Waals surface area contributed by atoms with E-state index in [0.29, 0.717) is 0 Å². The quantitative estimate of drug-likeness (QED) is 0.721. The van der Waals surface area contributed by atoms with Gasteiger partial charge in [-0.05, 0) is 33.6 Å². The van der Waals surface area contributed by atoms with Crippen molar-refractivity contribution in [2.45, 2.75) is 62.6 Å². The van der Waals surface area contributed by atoms with Gasteiger partial charge in [-0.2, -0.15) is 0 Å². The Morgan fingerprint density at radius 3 is 2.12 bits per heavy atom. The van der Waals surface area contributed by atoms with E-state index in [9.17, 15) is 8.42 Å². The van der Waals surface area contributed by atoms with Crippen molar-refractivity contribution in [2.24, 2.45) is 0 Å². The molecule has 0 radical (unpaired) electrons. The number of hydrogen-bond donors (Lipinski definition) is 0. The molecule has 0 heterocycles. The van der Waals surface area contributed by atoms with Crippen LogP contribution in [0, 0.1) is 0 Å². The van der Waals surface area contributed by atoms with Crippen molar-refractivity contribution in [1.82, 2.24) is 4.31 Å². The molecule has 1 saturated carbocycles. The van der Waals surface area contributed by atoms with Gasteiger partial charge in [0.15, 0.2) is 0 Å². The largest absolute Gasteiger partial charge is 0.219 e. The second kappa shape index (κ2) is 4.83. The molecule has 1 aliphatic carbocycles. The van der Waals surface area contributed by atoms with Gasteiger partial charge in [0, 0.05) is 13.1 Å². The van der Waals surface area contributed by atoms with Crippen LogP contribution in [0.4, 0.5) is 0 Å². The molecule has 5 heteroatoms. The molecule has 16 heavy (non-hydrogen) atoms. The number of hydrogen-bond acceptors (Lipinski definition) is 2. The summed E-state index contributed by atoms with van der Waals surface area (Å²) in [4.78, 5) is 0. The molecule has 0 saturated heterocycles. The molecule has 0 aromatic rings. The molecule has 0 aliphatic heterocycles. The first-order chi connectivity index (χ1) is 7.18. The van der Waals surface area contributed by atoms with Gasteiger partial charge >= 0.3 is 0 Å². The van der Waals surface area contributed by atoms with E-state index in [1.54, 1.807) is 27.8 Å². The monoisotopic (exact) mass is 267 g/mol. The van der Waals surface area contributed by atoms with Crippen LogP contribution in [0.2, 0.25) is 0 Å². The van der Waals surface area contributed by atoms with Gasteiger partial charge in [-0.25, -0.2) is 12.7 Å². The van der Waals surface area contributed by atoms with Crippen molar-refractivity contribution in [3.63, 3.8) is 0 Å². The summed E-state index contributed by atoms with van der Waals surface area (Å²) >= 11 is 6.23. The first-order valence-electron chi connectivity index (χ1n) is 5.79.